The Hall–Kier alpha value is -3.50. The first-order valence-electron chi connectivity index (χ1n) is 13.9. The largest absolute Gasteiger partial charge is 0.460 e. The normalized spacial score (nSPS) is 34.1. The molecule has 2 saturated heterocycles. The number of cyclic esters (lactones) is 1. The second-order valence-electron chi connectivity index (χ2n) is 11.2. The van der Waals surface area contributed by atoms with Crippen LogP contribution >= 0.6 is 0 Å². The smallest absolute Gasteiger partial charge is 0.313 e. The summed E-state index contributed by atoms with van der Waals surface area (Å²) in [6, 6.07) is 3.97. The minimum absolute atomic E-state index is 0.140. The highest BCUT2D eigenvalue weighted by atomic mass is 16.6. The van der Waals surface area contributed by atoms with E-state index in [2.05, 4.69) is 5.32 Å². The molecule has 4 aliphatic heterocycles. The fraction of sp³-hybridized carbons (Fsp3) is 0.533. The minimum atomic E-state index is -1.38. The highest BCUT2D eigenvalue weighted by Gasteiger charge is 2.74. The molecule has 0 aromatic heterocycles. The van der Waals surface area contributed by atoms with E-state index < -0.39 is 53.6 Å². The summed E-state index contributed by atoms with van der Waals surface area (Å²) in [5, 5.41) is 12.9. The van der Waals surface area contributed by atoms with Crippen LogP contribution in [0.1, 0.15) is 37.8 Å². The molecule has 1 aromatic carbocycles. The van der Waals surface area contributed by atoms with Crippen LogP contribution < -0.4 is 10.2 Å². The van der Waals surface area contributed by atoms with Crippen LogP contribution in [0.5, 0.6) is 0 Å². The van der Waals surface area contributed by atoms with Crippen molar-refractivity contribution in [2.45, 2.75) is 70.4 Å². The maximum Gasteiger partial charge on any atom is 0.313 e. The molecule has 0 unspecified atom stereocenters. The summed E-state index contributed by atoms with van der Waals surface area (Å²) in [4.78, 5) is 57.6. The molecular weight excluding hydrogens is 514 g/mol. The maximum atomic E-state index is 14.7. The minimum Gasteiger partial charge on any atom is -0.460 e. The zero-order valence-electron chi connectivity index (χ0n) is 23.3. The molecule has 0 aliphatic carbocycles. The van der Waals surface area contributed by atoms with Crippen molar-refractivity contribution in [1.29, 1.82) is 0 Å². The van der Waals surface area contributed by atoms with Crippen LogP contribution in [0.15, 0.2) is 42.5 Å². The third-order valence-electron chi connectivity index (χ3n) is 8.43. The molecule has 40 heavy (non-hydrogen) atoms. The van der Waals surface area contributed by atoms with Gasteiger partial charge in [-0.3, -0.25) is 19.2 Å². The number of rotatable bonds is 3. The monoisotopic (exact) mass is 551 g/mol. The van der Waals surface area contributed by atoms with E-state index in [1.165, 1.54) is 4.90 Å². The van der Waals surface area contributed by atoms with Gasteiger partial charge in [0.1, 0.15) is 23.7 Å². The third kappa shape index (κ3) is 4.53. The van der Waals surface area contributed by atoms with Crippen molar-refractivity contribution in [3.8, 4) is 0 Å². The van der Waals surface area contributed by atoms with Crippen molar-refractivity contribution in [2.24, 2.45) is 11.8 Å². The number of anilines is 1. The predicted octanol–water partition coefficient (Wildman–Crippen LogP) is 1.57. The molecule has 5 bridgehead atoms. The molecule has 4 heterocycles. The van der Waals surface area contributed by atoms with E-state index in [9.17, 15) is 24.3 Å². The number of aliphatic hydroxyl groups is 1. The van der Waals surface area contributed by atoms with Gasteiger partial charge in [-0.2, -0.15) is 0 Å². The molecule has 1 spiro atoms. The number of allylic oxidation sites excluding steroid dienone is 1. The van der Waals surface area contributed by atoms with Crippen LogP contribution in [0.2, 0.25) is 0 Å². The van der Waals surface area contributed by atoms with Crippen molar-refractivity contribution in [3.05, 3.63) is 53.6 Å². The van der Waals surface area contributed by atoms with Gasteiger partial charge in [-0.05, 0) is 45.2 Å². The van der Waals surface area contributed by atoms with Gasteiger partial charge in [0, 0.05) is 18.7 Å². The Morgan fingerprint density at radius 3 is 2.55 bits per heavy atom. The number of para-hydroxylation sites is 1. The van der Waals surface area contributed by atoms with Crippen LogP contribution in [-0.2, 0) is 28.7 Å². The fourth-order valence-electron chi connectivity index (χ4n) is 6.57. The number of aliphatic hydroxyl groups excluding tert-OH is 1. The first-order chi connectivity index (χ1) is 19.1. The number of nitrogens with one attached hydrogen (secondary N) is 1. The maximum absolute atomic E-state index is 14.7. The molecule has 7 atom stereocenters. The number of carbonyl (C=O) groups is 4. The fourth-order valence-corrected chi connectivity index (χ4v) is 6.57. The molecule has 1 aromatic rings. The quantitative estimate of drug-likeness (QED) is 0.432. The zero-order valence-corrected chi connectivity index (χ0v) is 23.3. The predicted molar refractivity (Wildman–Crippen MR) is 146 cm³/mol. The van der Waals surface area contributed by atoms with Gasteiger partial charge >= 0.3 is 5.97 Å². The molecule has 2 N–H and O–H groups in total. The van der Waals surface area contributed by atoms with Gasteiger partial charge in [-0.25, -0.2) is 0 Å². The summed E-state index contributed by atoms with van der Waals surface area (Å²) in [5.41, 5.74) is 1.11. The molecule has 0 radical (unpaired) electrons. The van der Waals surface area contributed by atoms with Crippen molar-refractivity contribution >= 4 is 29.4 Å². The standard InChI is InChI=1S/C30H37N3O7/c1-17-9-8-10-18(2)25(17)32-14-7-5-6-11-22(35)31-15-20(4)39-29(38)23-21-12-13-30(40-21)24(23)27(36)33(19(3)16-34)26(30)28(32)37/h5,7-10,12-13,19-21,23-24,26,34H,6,11,14-16H2,1-4H3,(H,31,35)/b7-5-/t19-,20+,21-,23+,24+,26-,30+/m1/s1. The Balaban J connectivity index is 1.64. The lowest BCUT2D eigenvalue weighted by atomic mass is 9.74. The number of esters is 1. The highest BCUT2D eigenvalue weighted by Crippen LogP contribution is 2.56. The lowest BCUT2D eigenvalue weighted by Crippen LogP contribution is -2.58. The lowest BCUT2D eigenvalue weighted by molar-refractivity contribution is -0.158. The molecule has 4 aliphatic rings. The number of benzene rings is 1. The Kier molecular flexibility index (Phi) is 7.58. The molecule has 214 valence electrons. The number of carbonyl (C=O) groups excluding carboxylic acids is 4. The van der Waals surface area contributed by atoms with Crippen LogP contribution in [0, 0.1) is 25.7 Å². The number of aryl methyl sites for hydroxylation is 2. The van der Waals surface area contributed by atoms with Gasteiger partial charge in [-0.1, -0.05) is 42.5 Å². The Bertz CT molecular complexity index is 1260. The van der Waals surface area contributed by atoms with E-state index in [0.717, 1.165) is 16.8 Å². The van der Waals surface area contributed by atoms with Gasteiger partial charge in [0.25, 0.3) is 5.91 Å². The number of likely N-dealkylation sites (tertiary alicyclic amines) is 1. The van der Waals surface area contributed by atoms with Crippen LogP contribution in [-0.4, -0.2) is 83.3 Å². The second-order valence-corrected chi connectivity index (χ2v) is 11.2. The molecule has 0 saturated carbocycles. The molecule has 2 fully saturated rings. The number of nitrogens with zero attached hydrogens (tertiary/aromatic N) is 2. The van der Waals surface area contributed by atoms with Gasteiger partial charge in [0.15, 0.2) is 0 Å². The summed E-state index contributed by atoms with van der Waals surface area (Å²) in [7, 11) is 0. The summed E-state index contributed by atoms with van der Waals surface area (Å²) >= 11 is 0. The van der Waals surface area contributed by atoms with E-state index in [1.54, 1.807) is 30.9 Å². The zero-order chi connectivity index (χ0) is 28.8. The number of ether oxygens (including phenoxy) is 2. The summed E-state index contributed by atoms with van der Waals surface area (Å²) in [6.45, 7) is 7.19. The van der Waals surface area contributed by atoms with Crippen LogP contribution in [0.4, 0.5) is 5.69 Å². The van der Waals surface area contributed by atoms with Crippen molar-refractivity contribution in [3.63, 3.8) is 0 Å². The van der Waals surface area contributed by atoms with Gasteiger partial charge in [-0.15, -0.1) is 0 Å². The average molecular weight is 552 g/mol. The number of amides is 3. The summed E-state index contributed by atoms with van der Waals surface area (Å²) in [5.74, 6) is -3.51. The number of hydrogen-bond donors (Lipinski definition) is 2. The van der Waals surface area contributed by atoms with Crippen molar-refractivity contribution < 1.29 is 33.8 Å². The Labute approximate surface area is 234 Å². The Morgan fingerprint density at radius 1 is 1.12 bits per heavy atom. The van der Waals surface area contributed by atoms with Gasteiger partial charge < -0.3 is 29.7 Å². The number of hydrogen-bond acceptors (Lipinski definition) is 7. The van der Waals surface area contributed by atoms with E-state index in [4.69, 9.17) is 9.47 Å². The molecule has 5 rings (SSSR count). The van der Waals surface area contributed by atoms with Crippen molar-refractivity contribution in [1.82, 2.24) is 10.2 Å². The van der Waals surface area contributed by atoms with E-state index >= 15 is 0 Å². The Morgan fingerprint density at radius 2 is 1.85 bits per heavy atom. The van der Waals surface area contributed by atoms with E-state index in [1.807, 2.05) is 44.2 Å². The summed E-state index contributed by atoms with van der Waals surface area (Å²) in [6.07, 6.45) is 6.55. The van der Waals surface area contributed by atoms with E-state index in [-0.39, 0.29) is 37.9 Å². The summed E-state index contributed by atoms with van der Waals surface area (Å²) < 4.78 is 12.1. The topological polar surface area (TPSA) is 125 Å². The first-order valence-corrected chi connectivity index (χ1v) is 13.9. The third-order valence-corrected chi connectivity index (χ3v) is 8.43. The van der Waals surface area contributed by atoms with Crippen LogP contribution in [0.3, 0.4) is 0 Å². The molecule has 3 amide bonds. The highest BCUT2D eigenvalue weighted by molar-refractivity contribution is 6.06. The van der Waals surface area contributed by atoms with Crippen LogP contribution in [0.25, 0.3) is 0 Å². The van der Waals surface area contributed by atoms with Gasteiger partial charge in [0.2, 0.25) is 11.8 Å². The first kappa shape index (κ1) is 28.0. The molecule has 10 heteroatoms. The van der Waals surface area contributed by atoms with Gasteiger partial charge in [0.05, 0.1) is 31.2 Å². The number of fused-ring (bicyclic) bond motifs is 2. The molecule has 10 nitrogen and oxygen atoms in total. The average Bonchev–Trinajstić information content (AvgIpc) is 3.56. The van der Waals surface area contributed by atoms with E-state index in [0.29, 0.717) is 6.42 Å². The lowest BCUT2D eigenvalue weighted by Gasteiger charge is -2.38. The second kappa shape index (κ2) is 10.8. The van der Waals surface area contributed by atoms with Crippen molar-refractivity contribution in [2.75, 3.05) is 24.6 Å². The molecular formula is C30H37N3O7. The SMILES string of the molecule is Cc1cccc(C)c1N1C/C=C\CCC(=O)NC[C@H](C)OC(=O)[C@@H]2[C@H]3C(=O)N([C@H](C)CO)[C@H](C1=O)[C@]31C=C[C@H]2O1.